The Balaban J connectivity index is 1.70. The molecule has 5 nitrogen and oxygen atoms in total. The maximum atomic E-state index is 12.6. The van der Waals surface area contributed by atoms with E-state index in [1.165, 1.54) is 0 Å². The van der Waals surface area contributed by atoms with Crippen LogP contribution in [0.15, 0.2) is 42.0 Å². The highest BCUT2D eigenvalue weighted by molar-refractivity contribution is 7.09. The molecule has 0 bridgehead atoms. The van der Waals surface area contributed by atoms with Crippen LogP contribution in [-0.2, 0) is 11.3 Å². The van der Waals surface area contributed by atoms with Crippen LogP contribution in [0.1, 0.15) is 41.0 Å². The zero-order chi connectivity index (χ0) is 17.1. The van der Waals surface area contributed by atoms with Crippen LogP contribution in [0.25, 0.3) is 5.52 Å². The summed E-state index contributed by atoms with van der Waals surface area (Å²) in [6.07, 6.45) is 3.79. The van der Waals surface area contributed by atoms with E-state index in [9.17, 15) is 4.79 Å². The largest absolute Gasteiger partial charge is 0.372 e. The number of pyridine rings is 1. The molecule has 24 heavy (non-hydrogen) atoms. The normalized spacial score (nSPS) is 12.5. The van der Waals surface area contributed by atoms with Gasteiger partial charge in [0.15, 0.2) is 0 Å². The zero-order valence-corrected chi connectivity index (χ0v) is 14.9. The maximum absolute atomic E-state index is 12.6. The Morgan fingerprint density at radius 2 is 2.29 bits per heavy atom. The van der Waals surface area contributed by atoms with Gasteiger partial charge >= 0.3 is 0 Å². The van der Waals surface area contributed by atoms with Gasteiger partial charge in [-0.3, -0.25) is 4.79 Å². The molecule has 3 rings (SSSR count). The van der Waals surface area contributed by atoms with Crippen molar-refractivity contribution in [1.29, 1.82) is 0 Å². The van der Waals surface area contributed by atoms with Gasteiger partial charge in [-0.1, -0.05) is 6.07 Å². The highest BCUT2D eigenvalue weighted by atomic mass is 32.1. The first kappa shape index (κ1) is 16.7. The van der Waals surface area contributed by atoms with Crippen LogP contribution < -0.4 is 0 Å². The number of rotatable bonds is 6. The number of thiazole rings is 1. The van der Waals surface area contributed by atoms with Crippen molar-refractivity contribution in [3.63, 3.8) is 0 Å². The SMILES string of the molecule is CCO[C@@H](C)c1nc(CN(C)C(=O)c2cc3ccccn3c2)cs1. The van der Waals surface area contributed by atoms with Gasteiger partial charge in [-0.15, -0.1) is 11.3 Å². The fraction of sp³-hybridized carbons (Fsp3) is 0.333. The molecule has 3 aromatic rings. The maximum Gasteiger partial charge on any atom is 0.255 e. The molecule has 0 unspecified atom stereocenters. The Kier molecular flexibility index (Phi) is 4.97. The van der Waals surface area contributed by atoms with Crippen LogP contribution in [0.5, 0.6) is 0 Å². The Hall–Kier alpha value is -2.18. The van der Waals surface area contributed by atoms with Crippen molar-refractivity contribution in [2.45, 2.75) is 26.5 Å². The van der Waals surface area contributed by atoms with Gasteiger partial charge in [-0.2, -0.15) is 0 Å². The number of nitrogens with zero attached hydrogens (tertiary/aromatic N) is 3. The lowest BCUT2D eigenvalue weighted by Crippen LogP contribution is -2.26. The van der Waals surface area contributed by atoms with Crippen LogP contribution in [0, 0.1) is 0 Å². The predicted molar refractivity (Wildman–Crippen MR) is 95.3 cm³/mol. The summed E-state index contributed by atoms with van der Waals surface area (Å²) in [5, 5.41) is 2.94. The van der Waals surface area contributed by atoms with E-state index in [0.29, 0.717) is 18.7 Å². The molecule has 1 amide bonds. The summed E-state index contributed by atoms with van der Waals surface area (Å²) in [6, 6.07) is 7.80. The Labute approximate surface area is 145 Å². The average molecular weight is 343 g/mol. The quantitative estimate of drug-likeness (QED) is 0.684. The number of amides is 1. The molecule has 0 saturated carbocycles. The summed E-state index contributed by atoms with van der Waals surface area (Å²) in [5.41, 5.74) is 2.58. The second kappa shape index (κ2) is 7.15. The van der Waals surface area contributed by atoms with Crippen molar-refractivity contribution in [2.24, 2.45) is 0 Å². The van der Waals surface area contributed by atoms with Gasteiger partial charge in [0.25, 0.3) is 5.91 Å². The summed E-state index contributed by atoms with van der Waals surface area (Å²) in [6.45, 7) is 5.12. The highest BCUT2D eigenvalue weighted by Crippen LogP contribution is 2.22. The van der Waals surface area contributed by atoms with Crippen LogP contribution in [0.4, 0.5) is 0 Å². The standard InChI is InChI=1S/C18H21N3O2S/c1-4-23-13(2)17-19-15(12-24-17)11-20(3)18(22)14-9-16-7-5-6-8-21(16)10-14/h5-10,12-13H,4,11H2,1-3H3/t13-/m0/s1. The highest BCUT2D eigenvalue weighted by Gasteiger charge is 2.16. The summed E-state index contributed by atoms with van der Waals surface area (Å²) in [7, 11) is 1.80. The van der Waals surface area contributed by atoms with Gasteiger partial charge in [0.05, 0.1) is 17.8 Å². The number of carbonyl (C=O) groups excluding carboxylic acids is 1. The summed E-state index contributed by atoms with van der Waals surface area (Å²) in [5.74, 6) is -0.00823. The lowest BCUT2D eigenvalue weighted by molar-refractivity contribution is 0.0756. The minimum atomic E-state index is -0.00823. The zero-order valence-electron chi connectivity index (χ0n) is 14.1. The monoisotopic (exact) mass is 343 g/mol. The van der Waals surface area contributed by atoms with E-state index in [4.69, 9.17) is 4.74 Å². The minimum Gasteiger partial charge on any atom is -0.372 e. The molecular formula is C18H21N3O2S. The van der Waals surface area contributed by atoms with Crippen molar-refractivity contribution >= 4 is 22.8 Å². The van der Waals surface area contributed by atoms with Crippen LogP contribution in [0.3, 0.4) is 0 Å². The van der Waals surface area contributed by atoms with E-state index in [0.717, 1.165) is 16.2 Å². The molecule has 0 radical (unpaired) electrons. The van der Waals surface area contributed by atoms with Gasteiger partial charge in [-0.05, 0) is 32.0 Å². The van der Waals surface area contributed by atoms with Crippen LogP contribution >= 0.6 is 11.3 Å². The molecule has 0 N–H and O–H groups in total. The molecule has 0 saturated heterocycles. The first-order valence-electron chi connectivity index (χ1n) is 7.96. The molecule has 6 heteroatoms. The number of ether oxygens (including phenoxy) is 1. The Morgan fingerprint density at radius 3 is 3.04 bits per heavy atom. The summed E-state index contributed by atoms with van der Waals surface area (Å²) < 4.78 is 7.51. The lowest BCUT2D eigenvalue weighted by Gasteiger charge is -2.15. The molecule has 126 valence electrons. The first-order chi connectivity index (χ1) is 11.6. The third-order valence-corrected chi connectivity index (χ3v) is 4.89. The first-order valence-corrected chi connectivity index (χ1v) is 8.84. The van der Waals surface area contributed by atoms with Gasteiger partial charge in [0.1, 0.15) is 11.1 Å². The molecule has 0 aliphatic heterocycles. The fourth-order valence-electron chi connectivity index (χ4n) is 2.61. The van der Waals surface area contributed by atoms with Gasteiger partial charge in [-0.25, -0.2) is 4.98 Å². The van der Waals surface area contributed by atoms with E-state index in [-0.39, 0.29) is 12.0 Å². The van der Waals surface area contributed by atoms with Crippen molar-refractivity contribution in [3.8, 4) is 0 Å². The number of fused-ring (bicyclic) bond motifs is 1. The second-order valence-electron chi connectivity index (χ2n) is 5.70. The summed E-state index contributed by atoms with van der Waals surface area (Å²) >= 11 is 1.57. The third-order valence-electron chi connectivity index (χ3n) is 3.83. The molecule has 1 atom stereocenters. The minimum absolute atomic E-state index is 0.00784. The topological polar surface area (TPSA) is 46.8 Å². The van der Waals surface area contributed by atoms with Crippen molar-refractivity contribution in [3.05, 3.63) is 58.3 Å². The Bertz CT molecular complexity index is 807. The van der Waals surface area contributed by atoms with Gasteiger partial charge in [0, 0.05) is 36.9 Å². The third kappa shape index (κ3) is 3.49. The molecule has 0 aliphatic rings. The molecule has 3 aromatic heterocycles. The number of hydrogen-bond acceptors (Lipinski definition) is 4. The second-order valence-corrected chi connectivity index (χ2v) is 6.59. The Morgan fingerprint density at radius 1 is 1.46 bits per heavy atom. The average Bonchev–Trinajstić information content (AvgIpc) is 3.20. The van der Waals surface area contributed by atoms with Crippen LogP contribution in [-0.4, -0.2) is 33.8 Å². The van der Waals surface area contributed by atoms with E-state index >= 15 is 0 Å². The predicted octanol–water partition coefficient (Wildman–Crippen LogP) is 3.77. The van der Waals surface area contributed by atoms with E-state index in [1.807, 2.05) is 60.3 Å². The smallest absolute Gasteiger partial charge is 0.255 e. The number of aromatic nitrogens is 2. The number of carbonyl (C=O) groups is 1. The molecule has 0 aromatic carbocycles. The lowest BCUT2D eigenvalue weighted by atomic mass is 10.2. The van der Waals surface area contributed by atoms with Gasteiger partial charge < -0.3 is 14.0 Å². The fourth-order valence-corrected chi connectivity index (χ4v) is 3.42. The molecule has 0 aliphatic carbocycles. The summed E-state index contributed by atoms with van der Waals surface area (Å²) in [4.78, 5) is 18.9. The van der Waals surface area contributed by atoms with E-state index in [1.54, 1.807) is 23.3 Å². The van der Waals surface area contributed by atoms with Crippen molar-refractivity contribution in [1.82, 2.24) is 14.3 Å². The van der Waals surface area contributed by atoms with Crippen molar-refractivity contribution in [2.75, 3.05) is 13.7 Å². The molecular weight excluding hydrogens is 322 g/mol. The van der Waals surface area contributed by atoms with Gasteiger partial charge in [0.2, 0.25) is 0 Å². The molecule has 0 spiro atoms. The van der Waals surface area contributed by atoms with Crippen LogP contribution in [0.2, 0.25) is 0 Å². The van der Waals surface area contributed by atoms with E-state index in [2.05, 4.69) is 4.98 Å². The molecule has 3 heterocycles. The number of hydrogen-bond donors (Lipinski definition) is 0. The molecule has 0 fully saturated rings. The van der Waals surface area contributed by atoms with Crippen molar-refractivity contribution < 1.29 is 9.53 Å². The van der Waals surface area contributed by atoms with E-state index < -0.39 is 0 Å².